The zero-order chi connectivity index (χ0) is 35.9. The van der Waals surface area contributed by atoms with Crippen molar-refractivity contribution in [1.82, 2.24) is 31.2 Å². The average Bonchev–Trinajstić information content (AvgIpc) is 3.03. The number of aromatic nitrogens is 2. The van der Waals surface area contributed by atoms with Gasteiger partial charge in [0.15, 0.2) is 5.96 Å². The fourth-order valence-corrected chi connectivity index (χ4v) is 4.80. The number of rotatable bonds is 19. The highest BCUT2D eigenvalue weighted by molar-refractivity contribution is 5.91. The second-order valence-corrected chi connectivity index (χ2v) is 13.4. The van der Waals surface area contributed by atoms with Crippen molar-refractivity contribution < 1.29 is 9.53 Å². The largest absolute Gasteiger partial charge is 0.491 e. The molecule has 14 nitrogen and oxygen atoms in total. The molecule has 0 spiro atoms. The molecule has 3 aromatic rings. The summed E-state index contributed by atoms with van der Waals surface area (Å²) in [4.78, 5) is 37.1. The Kier molecular flexibility index (Phi) is 15.0. The number of guanidine groups is 1. The molecule has 0 saturated heterocycles. The molecule has 0 atom stereocenters. The zero-order valence-electron chi connectivity index (χ0n) is 29.5. The Labute approximate surface area is 289 Å². The van der Waals surface area contributed by atoms with Crippen LogP contribution in [-0.2, 0) is 18.6 Å². The molecule has 0 aliphatic rings. The van der Waals surface area contributed by atoms with Gasteiger partial charge < -0.3 is 53.5 Å². The molecule has 14 heteroatoms. The number of urea groups is 1. The van der Waals surface area contributed by atoms with Gasteiger partial charge in [-0.05, 0) is 89.4 Å². The molecular weight excluding hydrogens is 622 g/mol. The molecule has 0 bridgehead atoms. The van der Waals surface area contributed by atoms with Crippen molar-refractivity contribution in [1.29, 1.82) is 0 Å². The fraction of sp³-hybridized carbons (Fsp3) is 0.486. The second-order valence-electron chi connectivity index (χ2n) is 13.4. The monoisotopic (exact) mass is 677 g/mol. The first-order valence-electron chi connectivity index (χ1n) is 16.7. The lowest BCUT2D eigenvalue weighted by molar-refractivity contribution is 0.243. The van der Waals surface area contributed by atoms with Crippen LogP contribution in [0.25, 0.3) is 11.1 Å². The van der Waals surface area contributed by atoms with E-state index in [-0.39, 0.29) is 23.1 Å². The van der Waals surface area contributed by atoms with E-state index in [0.29, 0.717) is 75.1 Å². The lowest BCUT2D eigenvalue weighted by Crippen LogP contribution is -2.43. The number of benzene rings is 2. The number of ether oxygens (including phenoxy) is 1. The van der Waals surface area contributed by atoms with Crippen LogP contribution < -0.4 is 54.1 Å². The van der Waals surface area contributed by atoms with Gasteiger partial charge in [0.2, 0.25) is 0 Å². The highest BCUT2D eigenvalue weighted by atomic mass is 16.5. The van der Waals surface area contributed by atoms with E-state index >= 15 is 0 Å². The summed E-state index contributed by atoms with van der Waals surface area (Å²) in [6.45, 7) is 14.7. The Hall–Kier alpha value is -4.50. The summed E-state index contributed by atoms with van der Waals surface area (Å²) in [5, 5.41) is 16.1. The number of aliphatic imine (C=N–C) groups is 1. The maximum atomic E-state index is 13.1. The van der Waals surface area contributed by atoms with Crippen molar-refractivity contribution in [3.05, 3.63) is 76.0 Å². The SMILES string of the molecule is CC(C)(C)NC(=O)Nc1ccc(CNCCNC(C)(C)c2ncc(-c3ccc(CNCCCN=C(N)N)cc3)c(=O)[nH]2)cc1OCCCN. The first kappa shape index (κ1) is 38.9. The topological polar surface area (TPSA) is 223 Å². The number of hydrogen-bond acceptors (Lipinski definition) is 9. The van der Waals surface area contributed by atoms with E-state index in [0.717, 1.165) is 29.7 Å². The normalized spacial score (nSPS) is 11.6. The third kappa shape index (κ3) is 13.9. The first-order chi connectivity index (χ1) is 23.3. The molecule has 0 aliphatic carbocycles. The van der Waals surface area contributed by atoms with Gasteiger partial charge in [-0.15, -0.1) is 0 Å². The minimum Gasteiger partial charge on any atom is -0.491 e. The number of nitrogens with one attached hydrogen (secondary N) is 6. The van der Waals surface area contributed by atoms with Crippen LogP contribution in [0.4, 0.5) is 10.5 Å². The molecular formula is C35H55N11O3. The summed E-state index contributed by atoms with van der Waals surface area (Å²) in [5.74, 6) is 1.26. The van der Waals surface area contributed by atoms with Crippen molar-refractivity contribution in [2.24, 2.45) is 22.2 Å². The summed E-state index contributed by atoms with van der Waals surface area (Å²) >= 11 is 0. The minimum atomic E-state index is -0.568. The standard InChI is InChI=1S/C35H55N11O3/c1-34(2,3)46-33(48)44-28-13-10-25(20-29(28)49-19-6-14-36)22-40-17-18-43-35(4,5)31-42-23-27(30(47)45-31)26-11-8-24(9-12-26)21-39-15-7-16-41-32(37)38/h8-13,20,23,39-40,43H,6-7,14-19,21-22,36H2,1-5H3,(H4,37,38,41)(H,42,45,47)(H2,44,46,48). The summed E-state index contributed by atoms with van der Waals surface area (Å²) in [6.07, 6.45) is 3.17. The molecule has 0 radical (unpaired) electrons. The second kappa shape index (κ2) is 18.9. The molecule has 0 saturated carbocycles. The number of nitrogens with zero attached hydrogens (tertiary/aromatic N) is 2. The number of carbonyl (C=O) groups excluding carboxylic acids is 1. The minimum absolute atomic E-state index is 0.107. The van der Waals surface area contributed by atoms with Gasteiger partial charge in [0, 0.05) is 44.5 Å². The molecule has 12 N–H and O–H groups in total. The van der Waals surface area contributed by atoms with Crippen molar-refractivity contribution in [3.8, 4) is 16.9 Å². The number of hydrogen-bond donors (Lipinski definition) is 9. The van der Waals surface area contributed by atoms with Gasteiger partial charge in [-0.25, -0.2) is 9.78 Å². The van der Waals surface area contributed by atoms with Crippen LogP contribution in [0.15, 0.2) is 58.4 Å². The fourth-order valence-electron chi connectivity index (χ4n) is 4.80. The van der Waals surface area contributed by atoms with E-state index < -0.39 is 5.54 Å². The van der Waals surface area contributed by atoms with Crippen molar-refractivity contribution >= 4 is 17.7 Å². The van der Waals surface area contributed by atoms with Gasteiger partial charge in [-0.2, -0.15) is 0 Å². The number of carbonyl (C=O) groups is 1. The van der Waals surface area contributed by atoms with Crippen LogP contribution in [0.2, 0.25) is 0 Å². The summed E-state index contributed by atoms with van der Waals surface area (Å²) in [5.41, 5.74) is 19.2. The molecule has 0 aliphatic heterocycles. The van der Waals surface area contributed by atoms with E-state index in [2.05, 4.69) is 41.5 Å². The van der Waals surface area contributed by atoms with Crippen LogP contribution in [-0.4, -0.2) is 66.8 Å². The number of nitrogens with two attached hydrogens (primary N) is 3. The summed E-state index contributed by atoms with van der Waals surface area (Å²) in [6, 6.07) is 13.3. The Morgan fingerprint density at radius 1 is 0.939 bits per heavy atom. The molecule has 3 rings (SSSR count). The Balaban J connectivity index is 1.50. The Morgan fingerprint density at radius 3 is 2.31 bits per heavy atom. The number of H-pyrrole nitrogens is 1. The van der Waals surface area contributed by atoms with Gasteiger partial charge in [0.25, 0.3) is 5.56 Å². The summed E-state index contributed by atoms with van der Waals surface area (Å²) < 4.78 is 5.94. The predicted molar refractivity (Wildman–Crippen MR) is 198 cm³/mol. The quantitative estimate of drug-likeness (QED) is 0.0512. The van der Waals surface area contributed by atoms with E-state index in [1.165, 1.54) is 0 Å². The van der Waals surface area contributed by atoms with Gasteiger partial charge >= 0.3 is 6.03 Å². The van der Waals surface area contributed by atoms with E-state index in [1.807, 2.05) is 77.1 Å². The first-order valence-corrected chi connectivity index (χ1v) is 16.7. The van der Waals surface area contributed by atoms with Crippen molar-refractivity contribution in [3.63, 3.8) is 0 Å². The number of anilines is 1. The molecule has 49 heavy (non-hydrogen) atoms. The molecule has 2 aromatic carbocycles. The van der Waals surface area contributed by atoms with E-state index in [4.69, 9.17) is 21.9 Å². The molecule has 2 amide bonds. The summed E-state index contributed by atoms with van der Waals surface area (Å²) in [7, 11) is 0. The lowest BCUT2D eigenvalue weighted by atomic mass is 10.0. The average molecular weight is 678 g/mol. The smallest absolute Gasteiger partial charge is 0.319 e. The van der Waals surface area contributed by atoms with Crippen LogP contribution >= 0.6 is 0 Å². The third-order valence-corrected chi connectivity index (χ3v) is 7.38. The van der Waals surface area contributed by atoms with Crippen LogP contribution in [0.1, 0.15) is 64.4 Å². The van der Waals surface area contributed by atoms with Gasteiger partial charge in [-0.1, -0.05) is 30.3 Å². The highest BCUT2D eigenvalue weighted by Crippen LogP contribution is 2.26. The molecule has 0 unspecified atom stereocenters. The molecule has 1 heterocycles. The van der Waals surface area contributed by atoms with Gasteiger partial charge in [-0.3, -0.25) is 9.79 Å². The lowest BCUT2D eigenvalue weighted by Gasteiger charge is -2.25. The van der Waals surface area contributed by atoms with Crippen LogP contribution in [0, 0.1) is 0 Å². The number of amides is 2. The van der Waals surface area contributed by atoms with Crippen molar-refractivity contribution in [2.75, 3.05) is 44.6 Å². The zero-order valence-corrected chi connectivity index (χ0v) is 29.5. The van der Waals surface area contributed by atoms with Gasteiger partial charge in [0.1, 0.15) is 11.6 Å². The third-order valence-electron chi connectivity index (χ3n) is 7.38. The predicted octanol–water partition coefficient (Wildman–Crippen LogP) is 2.45. The maximum Gasteiger partial charge on any atom is 0.319 e. The Bertz CT molecular complexity index is 1560. The molecule has 1 aromatic heterocycles. The van der Waals surface area contributed by atoms with E-state index in [1.54, 1.807) is 6.20 Å². The van der Waals surface area contributed by atoms with Crippen molar-refractivity contribution in [2.45, 2.75) is 71.6 Å². The van der Waals surface area contributed by atoms with Crippen LogP contribution in [0.5, 0.6) is 5.75 Å². The maximum absolute atomic E-state index is 13.1. The number of aromatic amines is 1. The van der Waals surface area contributed by atoms with E-state index in [9.17, 15) is 9.59 Å². The molecule has 0 fully saturated rings. The highest BCUT2D eigenvalue weighted by Gasteiger charge is 2.23. The molecule has 268 valence electrons. The Morgan fingerprint density at radius 2 is 1.63 bits per heavy atom. The van der Waals surface area contributed by atoms with Crippen LogP contribution in [0.3, 0.4) is 0 Å². The van der Waals surface area contributed by atoms with Gasteiger partial charge in [0.05, 0.1) is 23.4 Å².